The number of benzene rings is 3. The van der Waals surface area contributed by atoms with Crippen LogP contribution in [0.1, 0.15) is 49.1 Å². The number of halogens is 1. The predicted molar refractivity (Wildman–Crippen MR) is 153 cm³/mol. The van der Waals surface area contributed by atoms with E-state index in [1.807, 2.05) is 63.2 Å². The van der Waals surface area contributed by atoms with Crippen molar-refractivity contribution in [1.29, 1.82) is 0 Å². The molecule has 6 nitrogen and oxygen atoms in total. The van der Waals surface area contributed by atoms with Crippen LogP contribution in [0.15, 0.2) is 66.2 Å². The summed E-state index contributed by atoms with van der Waals surface area (Å²) in [6, 6.07) is 17.5. The number of ether oxygens (including phenoxy) is 1. The minimum atomic E-state index is -0.813. The Hall–Kier alpha value is -3.77. The third-order valence-corrected chi connectivity index (χ3v) is 7.43. The summed E-state index contributed by atoms with van der Waals surface area (Å²) >= 11 is 6.26. The summed E-state index contributed by atoms with van der Waals surface area (Å²) in [6.07, 6.45) is 0. The van der Waals surface area contributed by atoms with Gasteiger partial charge in [-0.2, -0.15) is 0 Å². The number of amides is 1. The molecule has 0 spiro atoms. The minimum absolute atomic E-state index is 0.0243. The topological polar surface area (TPSA) is 70.1 Å². The van der Waals surface area contributed by atoms with Gasteiger partial charge < -0.3 is 14.7 Å². The second-order valence-electron chi connectivity index (χ2n) is 9.23. The second-order valence-corrected chi connectivity index (χ2v) is 9.64. The van der Waals surface area contributed by atoms with Gasteiger partial charge in [0.1, 0.15) is 11.5 Å². The summed E-state index contributed by atoms with van der Waals surface area (Å²) in [6.45, 7) is 12.0. The first kappa shape index (κ1) is 27.3. The molecule has 0 radical (unpaired) electrons. The molecule has 1 unspecified atom stereocenters. The van der Waals surface area contributed by atoms with Gasteiger partial charge in [0.2, 0.25) is 0 Å². The molecular formula is C31H33ClN2O4. The second kappa shape index (κ2) is 11.3. The molecule has 0 bridgehead atoms. The first-order valence-corrected chi connectivity index (χ1v) is 13.3. The van der Waals surface area contributed by atoms with E-state index in [2.05, 4.69) is 18.7 Å². The zero-order valence-electron chi connectivity index (χ0n) is 22.4. The Labute approximate surface area is 229 Å². The van der Waals surface area contributed by atoms with Gasteiger partial charge >= 0.3 is 0 Å². The van der Waals surface area contributed by atoms with Gasteiger partial charge in [0.15, 0.2) is 0 Å². The molecule has 0 saturated carbocycles. The van der Waals surface area contributed by atoms with E-state index in [0.717, 1.165) is 35.5 Å². The molecule has 3 aromatic carbocycles. The van der Waals surface area contributed by atoms with Crippen molar-refractivity contribution >= 4 is 40.4 Å². The van der Waals surface area contributed by atoms with Gasteiger partial charge in [0, 0.05) is 30.0 Å². The van der Waals surface area contributed by atoms with Crippen LogP contribution in [0.25, 0.3) is 5.76 Å². The lowest BCUT2D eigenvalue weighted by Crippen LogP contribution is -2.30. The van der Waals surface area contributed by atoms with Gasteiger partial charge in [-0.25, -0.2) is 0 Å². The van der Waals surface area contributed by atoms with Gasteiger partial charge in [0.25, 0.3) is 11.7 Å². The summed E-state index contributed by atoms with van der Waals surface area (Å²) in [7, 11) is 0. The molecule has 1 fully saturated rings. The number of anilines is 2. The average Bonchev–Trinajstić information content (AvgIpc) is 3.18. The molecule has 3 aromatic rings. The molecule has 1 N–H and O–H groups in total. The minimum Gasteiger partial charge on any atom is -0.507 e. The summed E-state index contributed by atoms with van der Waals surface area (Å²) in [5.74, 6) is -1.31. The lowest BCUT2D eigenvalue weighted by Gasteiger charge is -2.28. The Morgan fingerprint density at radius 2 is 1.68 bits per heavy atom. The summed E-state index contributed by atoms with van der Waals surface area (Å²) in [4.78, 5) is 30.8. The van der Waals surface area contributed by atoms with Gasteiger partial charge in [0.05, 0.1) is 23.2 Å². The molecule has 1 aliphatic heterocycles. The number of rotatable bonds is 8. The maximum absolute atomic E-state index is 13.6. The fourth-order valence-corrected chi connectivity index (χ4v) is 5.09. The van der Waals surface area contributed by atoms with E-state index in [0.29, 0.717) is 28.6 Å². The maximum atomic E-state index is 13.6. The molecule has 7 heteroatoms. The lowest BCUT2D eigenvalue weighted by molar-refractivity contribution is -0.132. The molecule has 1 heterocycles. The van der Waals surface area contributed by atoms with Crippen LogP contribution >= 0.6 is 11.6 Å². The molecule has 198 valence electrons. The van der Waals surface area contributed by atoms with Crippen molar-refractivity contribution in [3.05, 3.63) is 93.5 Å². The first-order valence-electron chi connectivity index (χ1n) is 12.9. The van der Waals surface area contributed by atoms with Crippen LogP contribution in [0.4, 0.5) is 11.4 Å². The highest BCUT2D eigenvalue weighted by Crippen LogP contribution is 2.44. The maximum Gasteiger partial charge on any atom is 0.300 e. The molecular weight excluding hydrogens is 500 g/mol. The highest BCUT2D eigenvalue weighted by molar-refractivity contribution is 6.51. The van der Waals surface area contributed by atoms with E-state index in [9.17, 15) is 14.7 Å². The van der Waals surface area contributed by atoms with Crippen LogP contribution in [0.2, 0.25) is 5.02 Å². The number of carbonyl (C=O) groups is 2. The molecule has 4 rings (SSSR count). The van der Waals surface area contributed by atoms with E-state index in [-0.39, 0.29) is 11.3 Å². The molecule has 0 aromatic heterocycles. The van der Waals surface area contributed by atoms with Crippen molar-refractivity contribution in [1.82, 2.24) is 0 Å². The molecule has 0 aliphatic carbocycles. The van der Waals surface area contributed by atoms with Crippen molar-refractivity contribution in [3.8, 4) is 5.75 Å². The monoisotopic (exact) mass is 532 g/mol. The van der Waals surface area contributed by atoms with E-state index in [4.69, 9.17) is 16.3 Å². The van der Waals surface area contributed by atoms with Crippen LogP contribution in [-0.2, 0) is 9.59 Å². The SMILES string of the molecule is CCOc1cc(/C(O)=C2\C(=O)C(=O)N(c3cccc(C)c3C)C2c2ccc(N(CC)CC)cc2)ccc1Cl. The zero-order chi connectivity index (χ0) is 27.6. The highest BCUT2D eigenvalue weighted by atomic mass is 35.5. The van der Waals surface area contributed by atoms with Gasteiger partial charge in [-0.1, -0.05) is 35.9 Å². The number of ketones is 1. The number of nitrogens with zero attached hydrogens (tertiary/aromatic N) is 2. The standard InChI is InChI=1S/C31H33ClN2O4/c1-6-33(7-2)23-15-12-21(13-16-23)28-27(29(35)22-14-17-24(32)26(18-22)38-8-3)30(36)31(37)34(28)25-11-9-10-19(4)20(25)5/h9-18,28,35H,6-8H2,1-5H3/b29-27+. The van der Waals surface area contributed by atoms with Crippen molar-refractivity contribution in [3.63, 3.8) is 0 Å². The van der Waals surface area contributed by atoms with Crippen molar-refractivity contribution in [2.24, 2.45) is 0 Å². The van der Waals surface area contributed by atoms with Crippen LogP contribution < -0.4 is 14.5 Å². The Morgan fingerprint density at radius 1 is 1.00 bits per heavy atom. The lowest BCUT2D eigenvalue weighted by atomic mass is 9.94. The van der Waals surface area contributed by atoms with Gasteiger partial charge in [-0.15, -0.1) is 0 Å². The molecule has 1 atom stereocenters. The zero-order valence-corrected chi connectivity index (χ0v) is 23.2. The number of aliphatic hydroxyl groups is 1. The molecule has 38 heavy (non-hydrogen) atoms. The normalized spacial score (nSPS) is 16.7. The molecule has 1 amide bonds. The van der Waals surface area contributed by atoms with Crippen molar-refractivity contribution in [2.75, 3.05) is 29.5 Å². The van der Waals surface area contributed by atoms with Crippen molar-refractivity contribution in [2.45, 2.75) is 40.7 Å². The molecule has 1 saturated heterocycles. The quantitative estimate of drug-likeness (QED) is 0.196. The van der Waals surface area contributed by atoms with Crippen molar-refractivity contribution < 1.29 is 19.4 Å². The molecule has 1 aliphatic rings. The van der Waals surface area contributed by atoms with E-state index < -0.39 is 17.7 Å². The third-order valence-electron chi connectivity index (χ3n) is 7.12. The average molecular weight is 533 g/mol. The highest BCUT2D eigenvalue weighted by Gasteiger charge is 2.47. The Kier molecular flexibility index (Phi) is 8.12. The Bertz CT molecular complexity index is 1390. The number of aliphatic hydroxyl groups excluding tert-OH is 1. The fraction of sp³-hybridized carbons (Fsp3) is 0.290. The third kappa shape index (κ3) is 4.88. The Morgan fingerprint density at radius 3 is 2.32 bits per heavy atom. The summed E-state index contributed by atoms with van der Waals surface area (Å²) in [5, 5.41) is 11.9. The Balaban J connectivity index is 1.94. The summed E-state index contributed by atoms with van der Waals surface area (Å²) < 4.78 is 5.59. The predicted octanol–water partition coefficient (Wildman–Crippen LogP) is 6.83. The van der Waals surface area contributed by atoms with Crippen LogP contribution in [0.5, 0.6) is 5.75 Å². The number of Topliss-reactive ketones (excluding diaryl/α,β-unsaturated/α-hetero) is 1. The van der Waals surface area contributed by atoms with Crippen LogP contribution in [0.3, 0.4) is 0 Å². The van der Waals surface area contributed by atoms with Crippen LogP contribution in [-0.4, -0.2) is 36.5 Å². The largest absolute Gasteiger partial charge is 0.507 e. The number of hydrogen-bond donors (Lipinski definition) is 1. The smallest absolute Gasteiger partial charge is 0.300 e. The summed E-state index contributed by atoms with van der Waals surface area (Å²) in [5.41, 5.74) is 4.67. The van der Waals surface area contributed by atoms with Crippen LogP contribution in [0, 0.1) is 13.8 Å². The van der Waals surface area contributed by atoms with Gasteiger partial charge in [-0.05, 0) is 87.7 Å². The van der Waals surface area contributed by atoms with E-state index in [1.165, 1.54) is 4.90 Å². The fourth-order valence-electron chi connectivity index (χ4n) is 4.92. The number of aryl methyl sites for hydroxylation is 1. The van der Waals surface area contributed by atoms with E-state index in [1.54, 1.807) is 18.2 Å². The van der Waals surface area contributed by atoms with E-state index >= 15 is 0 Å². The van der Waals surface area contributed by atoms with Gasteiger partial charge in [-0.3, -0.25) is 14.5 Å². The first-order chi connectivity index (χ1) is 18.2. The number of hydrogen-bond acceptors (Lipinski definition) is 5. The number of carbonyl (C=O) groups excluding carboxylic acids is 2.